The Morgan fingerprint density at radius 3 is 2.80 bits per heavy atom. The minimum atomic E-state index is 0.370. The second-order valence-electron chi connectivity index (χ2n) is 6.08. The molecule has 1 saturated carbocycles. The van der Waals surface area contributed by atoms with Crippen molar-refractivity contribution in [1.29, 1.82) is 0 Å². The number of likely N-dealkylation sites (N-methyl/N-ethyl adjacent to an activating group) is 1. The molecule has 0 aliphatic heterocycles. The molecule has 0 amide bonds. The standard InChI is InChI=1S/C16H22ClN3/c1-20(2)16(6-3-7-16)11-18-9-12-10-19-15-8-13(17)4-5-14(12)15/h4-5,8,10,18-19H,3,6-7,9,11H2,1-2H3. The average molecular weight is 292 g/mol. The number of aromatic nitrogens is 1. The number of nitrogens with one attached hydrogen (secondary N) is 2. The fraction of sp³-hybridized carbons (Fsp3) is 0.500. The van der Waals surface area contributed by atoms with Gasteiger partial charge in [0.05, 0.1) is 0 Å². The van der Waals surface area contributed by atoms with Crippen LogP contribution in [0.2, 0.25) is 5.02 Å². The van der Waals surface area contributed by atoms with Crippen molar-refractivity contribution in [1.82, 2.24) is 15.2 Å². The minimum absolute atomic E-state index is 0.370. The Balaban J connectivity index is 1.65. The van der Waals surface area contributed by atoms with Gasteiger partial charge >= 0.3 is 0 Å². The predicted octanol–water partition coefficient (Wildman–Crippen LogP) is 3.40. The maximum Gasteiger partial charge on any atom is 0.0472 e. The Labute approximate surface area is 125 Å². The van der Waals surface area contributed by atoms with Crippen molar-refractivity contribution in [2.75, 3.05) is 20.6 Å². The first-order chi connectivity index (χ1) is 9.61. The van der Waals surface area contributed by atoms with E-state index in [2.05, 4.69) is 41.6 Å². The Morgan fingerprint density at radius 2 is 2.15 bits per heavy atom. The highest BCUT2D eigenvalue weighted by atomic mass is 35.5. The van der Waals surface area contributed by atoms with Gasteiger partial charge in [0, 0.05) is 40.8 Å². The van der Waals surface area contributed by atoms with Gasteiger partial charge < -0.3 is 15.2 Å². The average Bonchev–Trinajstić information content (AvgIpc) is 2.74. The number of aromatic amines is 1. The number of hydrogen-bond acceptors (Lipinski definition) is 2. The summed E-state index contributed by atoms with van der Waals surface area (Å²) < 4.78 is 0. The van der Waals surface area contributed by atoms with Crippen LogP contribution < -0.4 is 5.32 Å². The van der Waals surface area contributed by atoms with Gasteiger partial charge in [-0.3, -0.25) is 0 Å². The molecule has 0 unspecified atom stereocenters. The summed E-state index contributed by atoms with van der Waals surface area (Å²) in [5, 5.41) is 5.66. The number of hydrogen-bond donors (Lipinski definition) is 2. The molecule has 3 nitrogen and oxygen atoms in total. The lowest BCUT2D eigenvalue weighted by molar-refractivity contribution is 0.0598. The van der Waals surface area contributed by atoms with Crippen LogP contribution >= 0.6 is 11.6 Å². The van der Waals surface area contributed by atoms with Gasteiger partial charge in [-0.1, -0.05) is 17.7 Å². The summed E-state index contributed by atoms with van der Waals surface area (Å²) in [6.07, 6.45) is 6.04. The van der Waals surface area contributed by atoms with Gasteiger partial charge in [-0.05, 0) is 51.1 Å². The third-order valence-electron chi connectivity index (χ3n) is 4.73. The monoisotopic (exact) mass is 291 g/mol. The van der Waals surface area contributed by atoms with Crippen LogP contribution in [0.25, 0.3) is 10.9 Å². The molecule has 3 rings (SSSR count). The highest BCUT2D eigenvalue weighted by Crippen LogP contribution is 2.35. The normalized spacial score (nSPS) is 17.6. The van der Waals surface area contributed by atoms with E-state index in [1.165, 1.54) is 30.2 Å². The van der Waals surface area contributed by atoms with Crippen LogP contribution in [0, 0.1) is 0 Å². The van der Waals surface area contributed by atoms with Gasteiger partial charge in [0.15, 0.2) is 0 Å². The Morgan fingerprint density at radius 1 is 1.35 bits per heavy atom. The van der Waals surface area contributed by atoms with E-state index in [9.17, 15) is 0 Å². The van der Waals surface area contributed by atoms with E-state index < -0.39 is 0 Å². The van der Waals surface area contributed by atoms with Crippen LogP contribution in [0.3, 0.4) is 0 Å². The lowest BCUT2D eigenvalue weighted by Gasteiger charge is -2.47. The van der Waals surface area contributed by atoms with Crippen molar-refractivity contribution in [2.45, 2.75) is 31.3 Å². The van der Waals surface area contributed by atoms with Gasteiger partial charge in [0.2, 0.25) is 0 Å². The fourth-order valence-corrected chi connectivity index (χ4v) is 3.27. The smallest absolute Gasteiger partial charge is 0.0472 e. The minimum Gasteiger partial charge on any atom is -0.361 e. The number of fused-ring (bicyclic) bond motifs is 1. The van der Waals surface area contributed by atoms with E-state index in [1.54, 1.807) is 0 Å². The van der Waals surface area contributed by atoms with Gasteiger partial charge in [0.1, 0.15) is 0 Å². The second-order valence-corrected chi connectivity index (χ2v) is 6.52. The molecule has 0 atom stereocenters. The van der Waals surface area contributed by atoms with E-state index in [1.807, 2.05) is 12.1 Å². The van der Waals surface area contributed by atoms with Crippen molar-refractivity contribution in [3.63, 3.8) is 0 Å². The maximum atomic E-state index is 6.01. The predicted molar refractivity (Wildman–Crippen MR) is 85.3 cm³/mol. The molecule has 2 aromatic rings. The Hall–Kier alpha value is -1.03. The Bertz CT molecular complexity index is 599. The van der Waals surface area contributed by atoms with Crippen LogP contribution in [-0.4, -0.2) is 36.1 Å². The molecular weight excluding hydrogens is 270 g/mol. The first-order valence-corrected chi connectivity index (χ1v) is 7.62. The third-order valence-corrected chi connectivity index (χ3v) is 4.97. The zero-order chi connectivity index (χ0) is 14.2. The highest BCUT2D eigenvalue weighted by molar-refractivity contribution is 6.31. The summed E-state index contributed by atoms with van der Waals surface area (Å²) >= 11 is 6.01. The molecule has 20 heavy (non-hydrogen) atoms. The molecule has 0 spiro atoms. The maximum absolute atomic E-state index is 6.01. The summed E-state index contributed by atoms with van der Waals surface area (Å²) in [6.45, 7) is 1.96. The van der Waals surface area contributed by atoms with Crippen LogP contribution in [0.5, 0.6) is 0 Å². The number of H-pyrrole nitrogens is 1. The quantitative estimate of drug-likeness (QED) is 0.885. The number of benzene rings is 1. The first-order valence-electron chi connectivity index (χ1n) is 7.24. The van der Waals surface area contributed by atoms with Gasteiger partial charge in [0.25, 0.3) is 0 Å². The van der Waals surface area contributed by atoms with Crippen molar-refractivity contribution in [2.24, 2.45) is 0 Å². The topological polar surface area (TPSA) is 31.1 Å². The summed E-state index contributed by atoms with van der Waals surface area (Å²) in [5.41, 5.74) is 2.79. The summed E-state index contributed by atoms with van der Waals surface area (Å²) in [5.74, 6) is 0. The lowest BCUT2D eigenvalue weighted by Crippen LogP contribution is -2.56. The fourth-order valence-electron chi connectivity index (χ4n) is 3.10. The van der Waals surface area contributed by atoms with Crippen LogP contribution in [-0.2, 0) is 6.54 Å². The molecule has 0 saturated heterocycles. The Kier molecular flexibility index (Phi) is 3.76. The zero-order valence-electron chi connectivity index (χ0n) is 12.2. The molecule has 1 aliphatic carbocycles. The van der Waals surface area contributed by atoms with Gasteiger partial charge in [-0.15, -0.1) is 0 Å². The van der Waals surface area contributed by atoms with Crippen molar-refractivity contribution in [3.8, 4) is 0 Å². The number of halogens is 1. The summed E-state index contributed by atoms with van der Waals surface area (Å²) in [7, 11) is 4.38. The van der Waals surface area contributed by atoms with E-state index >= 15 is 0 Å². The molecule has 0 radical (unpaired) electrons. The summed E-state index contributed by atoms with van der Waals surface area (Å²) in [6, 6.07) is 6.03. The lowest BCUT2D eigenvalue weighted by atomic mass is 9.75. The largest absolute Gasteiger partial charge is 0.361 e. The van der Waals surface area contributed by atoms with Crippen molar-refractivity contribution < 1.29 is 0 Å². The molecule has 4 heteroatoms. The molecule has 1 aromatic carbocycles. The van der Waals surface area contributed by atoms with E-state index in [0.717, 1.165) is 23.6 Å². The van der Waals surface area contributed by atoms with Crippen molar-refractivity contribution >= 4 is 22.5 Å². The third kappa shape index (κ3) is 2.46. The zero-order valence-corrected chi connectivity index (χ0v) is 12.9. The molecule has 108 valence electrons. The number of rotatable bonds is 5. The molecule has 1 heterocycles. The van der Waals surface area contributed by atoms with Crippen LogP contribution in [0.1, 0.15) is 24.8 Å². The summed E-state index contributed by atoms with van der Waals surface area (Å²) in [4.78, 5) is 5.67. The molecule has 0 bridgehead atoms. The van der Waals surface area contributed by atoms with Crippen molar-refractivity contribution in [3.05, 3.63) is 35.0 Å². The molecular formula is C16H22ClN3. The molecule has 2 N–H and O–H groups in total. The molecule has 1 fully saturated rings. The SMILES string of the molecule is CN(C)C1(CNCc2c[nH]c3cc(Cl)ccc23)CCC1. The van der Waals surface area contributed by atoms with Crippen LogP contribution in [0.15, 0.2) is 24.4 Å². The van der Waals surface area contributed by atoms with E-state index in [0.29, 0.717) is 5.54 Å². The van der Waals surface area contributed by atoms with E-state index in [4.69, 9.17) is 11.6 Å². The van der Waals surface area contributed by atoms with E-state index in [-0.39, 0.29) is 0 Å². The number of nitrogens with zero attached hydrogens (tertiary/aromatic N) is 1. The first kappa shape index (κ1) is 13.9. The molecule has 1 aliphatic rings. The van der Waals surface area contributed by atoms with Gasteiger partial charge in [-0.25, -0.2) is 0 Å². The highest BCUT2D eigenvalue weighted by Gasteiger charge is 2.38. The van der Waals surface area contributed by atoms with Crippen LogP contribution in [0.4, 0.5) is 0 Å². The second kappa shape index (κ2) is 5.40. The molecule has 1 aromatic heterocycles. The van der Waals surface area contributed by atoms with Gasteiger partial charge in [-0.2, -0.15) is 0 Å².